The Bertz CT molecular complexity index is 576. The Morgan fingerprint density at radius 2 is 1.78 bits per heavy atom. The van der Waals surface area contributed by atoms with Crippen molar-refractivity contribution in [2.24, 2.45) is 0 Å². The molecule has 2 fully saturated rings. The number of hydrogen-bond donors (Lipinski definition) is 0. The van der Waals surface area contributed by atoms with Crippen LogP contribution in [0.2, 0.25) is 0 Å². The summed E-state index contributed by atoms with van der Waals surface area (Å²) < 4.78 is 5.52. The maximum Gasteiger partial charge on any atom is 0.227 e. The minimum absolute atomic E-state index is 0.268. The van der Waals surface area contributed by atoms with Gasteiger partial charge in [0, 0.05) is 52.0 Å². The van der Waals surface area contributed by atoms with Crippen LogP contribution in [0.5, 0.6) is 0 Å². The van der Waals surface area contributed by atoms with Crippen molar-refractivity contribution in [1.29, 1.82) is 0 Å². The quantitative estimate of drug-likeness (QED) is 0.734. The highest BCUT2D eigenvalue weighted by atomic mass is 16.5. The fourth-order valence-corrected chi connectivity index (χ4v) is 4.03. The lowest BCUT2D eigenvalue weighted by Gasteiger charge is -2.36. The van der Waals surface area contributed by atoms with E-state index >= 15 is 0 Å². The van der Waals surface area contributed by atoms with Gasteiger partial charge < -0.3 is 19.4 Å². The van der Waals surface area contributed by atoms with E-state index < -0.39 is 0 Å². The van der Waals surface area contributed by atoms with E-state index in [2.05, 4.69) is 52.9 Å². The molecule has 2 heterocycles. The zero-order valence-corrected chi connectivity index (χ0v) is 17.0. The first-order valence-electron chi connectivity index (χ1n) is 10.5. The minimum atomic E-state index is 0.268. The molecule has 0 unspecified atom stereocenters. The van der Waals surface area contributed by atoms with Gasteiger partial charge in [0.25, 0.3) is 0 Å². The van der Waals surface area contributed by atoms with Crippen molar-refractivity contribution < 1.29 is 9.53 Å². The van der Waals surface area contributed by atoms with Crippen LogP contribution in [0.3, 0.4) is 0 Å². The van der Waals surface area contributed by atoms with E-state index in [4.69, 9.17) is 4.74 Å². The lowest BCUT2D eigenvalue weighted by Crippen LogP contribution is -2.47. The summed E-state index contributed by atoms with van der Waals surface area (Å²) in [6.07, 6.45) is 3.50. The molecule has 0 N–H and O–H groups in total. The summed E-state index contributed by atoms with van der Waals surface area (Å²) in [5, 5.41) is 0. The Hall–Kier alpha value is -1.43. The second-order valence-electron chi connectivity index (χ2n) is 8.09. The zero-order valence-electron chi connectivity index (χ0n) is 17.0. The highest BCUT2D eigenvalue weighted by Crippen LogP contribution is 2.17. The summed E-state index contributed by atoms with van der Waals surface area (Å²) in [6, 6.07) is 8.69. The second kappa shape index (κ2) is 10.2. The molecule has 0 radical (unpaired) electrons. The lowest BCUT2D eigenvalue weighted by atomic mass is 10.0. The maximum absolute atomic E-state index is 13.1. The summed E-state index contributed by atoms with van der Waals surface area (Å²) in [5.41, 5.74) is 2.35. The van der Waals surface area contributed by atoms with Crippen LogP contribution in [0.4, 0.5) is 0 Å². The van der Waals surface area contributed by atoms with E-state index in [9.17, 15) is 4.79 Å². The molecule has 0 saturated carbocycles. The molecular formula is C22H35N3O2. The molecule has 0 bridgehead atoms. The Balaban J connectivity index is 1.54. The number of amides is 1. The van der Waals surface area contributed by atoms with Crippen molar-refractivity contribution in [3.05, 3.63) is 35.4 Å². The van der Waals surface area contributed by atoms with Gasteiger partial charge >= 0.3 is 0 Å². The topological polar surface area (TPSA) is 36.0 Å². The van der Waals surface area contributed by atoms with E-state index in [0.29, 0.717) is 12.5 Å². The molecule has 3 rings (SSSR count). The summed E-state index contributed by atoms with van der Waals surface area (Å²) in [6.45, 7) is 10.2. The molecule has 0 aromatic heterocycles. The lowest BCUT2D eigenvalue weighted by molar-refractivity contribution is -0.134. The van der Waals surface area contributed by atoms with Crippen molar-refractivity contribution >= 4 is 5.91 Å². The number of benzene rings is 1. The van der Waals surface area contributed by atoms with Crippen molar-refractivity contribution in [3.63, 3.8) is 0 Å². The summed E-state index contributed by atoms with van der Waals surface area (Å²) in [7, 11) is 2.19. The Labute approximate surface area is 164 Å². The third kappa shape index (κ3) is 6.30. The zero-order chi connectivity index (χ0) is 19.1. The van der Waals surface area contributed by atoms with Gasteiger partial charge in [-0.3, -0.25) is 4.79 Å². The van der Waals surface area contributed by atoms with Crippen LogP contribution >= 0.6 is 0 Å². The molecule has 2 saturated heterocycles. The van der Waals surface area contributed by atoms with Gasteiger partial charge in [-0.2, -0.15) is 0 Å². The van der Waals surface area contributed by atoms with E-state index in [-0.39, 0.29) is 5.91 Å². The highest BCUT2D eigenvalue weighted by molar-refractivity contribution is 5.79. The number of aryl methyl sites for hydroxylation is 1. The third-order valence-corrected chi connectivity index (χ3v) is 5.90. The number of hydrogen-bond acceptors (Lipinski definition) is 4. The number of likely N-dealkylation sites (N-methyl/N-ethyl adjacent to an activating group) is 1. The van der Waals surface area contributed by atoms with Gasteiger partial charge in [-0.05, 0) is 45.3 Å². The average Bonchev–Trinajstić information content (AvgIpc) is 2.69. The molecule has 0 spiro atoms. The second-order valence-corrected chi connectivity index (χ2v) is 8.09. The number of rotatable bonds is 7. The summed E-state index contributed by atoms with van der Waals surface area (Å²) >= 11 is 0. The molecule has 27 heavy (non-hydrogen) atoms. The van der Waals surface area contributed by atoms with Crippen molar-refractivity contribution in [2.45, 2.75) is 38.6 Å². The predicted molar refractivity (Wildman–Crippen MR) is 109 cm³/mol. The first-order valence-corrected chi connectivity index (χ1v) is 10.5. The van der Waals surface area contributed by atoms with Gasteiger partial charge in [-0.25, -0.2) is 0 Å². The molecule has 1 aromatic carbocycles. The van der Waals surface area contributed by atoms with Crippen LogP contribution < -0.4 is 0 Å². The van der Waals surface area contributed by atoms with Gasteiger partial charge in [0.2, 0.25) is 5.91 Å². The van der Waals surface area contributed by atoms with Crippen molar-refractivity contribution in [3.8, 4) is 0 Å². The summed E-state index contributed by atoms with van der Waals surface area (Å²) in [5.74, 6) is 0.268. The van der Waals surface area contributed by atoms with Gasteiger partial charge in [-0.1, -0.05) is 29.8 Å². The normalized spacial score (nSPS) is 19.9. The number of nitrogens with zero attached hydrogens (tertiary/aromatic N) is 3. The highest BCUT2D eigenvalue weighted by Gasteiger charge is 2.26. The van der Waals surface area contributed by atoms with Crippen LogP contribution in [0, 0.1) is 6.92 Å². The first-order chi connectivity index (χ1) is 13.1. The third-order valence-electron chi connectivity index (χ3n) is 5.90. The van der Waals surface area contributed by atoms with Gasteiger partial charge in [0.1, 0.15) is 0 Å². The molecule has 0 aliphatic carbocycles. The van der Waals surface area contributed by atoms with E-state index in [1.54, 1.807) is 0 Å². The number of carbonyl (C=O) groups is 1. The average molecular weight is 374 g/mol. The van der Waals surface area contributed by atoms with Crippen LogP contribution in [-0.2, 0) is 16.0 Å². The molecule has 0 atom stereocenters. The van der Waals surface area contributed by atoms with E-state index in [1.807, 2.05) is 0 Å². The smallest absolute Gasteiger partial charge is 0.227 e. The Morgan fingerprint density at radius 3 is 2.44 bits per heavy atom. The van der Waals surface area contributed by atoms with Crippen LogP contribution in [0.15, 0.2) is 24.3 Å². The molecular weight excluding hydrogens is 338 g/mol. The van der Waals surface area contributed by atoms with Crippen LogP contribution in [-0.4, -0.2) is 86.2 Å². The van der Waals surface area contributed by atoms with Gasteiger partial charge in [0.15, 0.2) is 0 Å². The van der Waals surface area contributed by atoms with E-state index in [1.165, 1.54) is 5.56 Å². The molecule has 5 nitrogen and oxygen atoms in total. The molecule has 1 amide bonds. The fourth-order valence-electron chi connectivity index (χ4n) is 4.03. The number of piperazine rings is 1. The Morgan fingerprint density at radius 1 is 1.11 bits per heavy atom. The van der Waals surface area contributed by atoms with Gasteiger partial charge in [0.05, 0.1) is 6.42 Å². The minimum Gasteiger partial charge on any atom is -0.381 e. The number of ether oxygens (including phenoxy) is 1. The SMILES string of the molecule is Cc1ccc(CC(=O)N(CCCN2CCN(C)CC2)C2CCOCC2)cc1. The fraction of sp³-hybridized carbons (Fsp3) is 0.682. The maximum atomic E-state index is 13.1. The molecule has 2 aliphatic rings. The van der Waals surface area contributed by atoms with Crippen molar-refractivity contribution in [1.82, 2.24) is 14.7 Å². The molecule has 2 aliphatic heterocycles. The number of carbonyl (C=O) groups excluding carboxylic acids is 1. The van der Waals surface area contributed by atoms with E-state index in [0.717, 1.165) is 77.3 Å². The molecule has 150 valence electrons. The first kappa shape index (κ1) is 20.3. The monoisotopic (exact) mass is 373 g/mol. The van der Waals surface area contributed by atoms with Crippen LogP contribution in [0.25, 0.3) is 0 Å². The van der Waals surface area contributed by atoms with Gasteiger partial charge in [-0.15, -0.1) is 0 Å². The largest absolute Gasteiger partial charge is 0.381 e. The summed E-state index contributed by atoms with van der Waals surface area (Å²) in [4.78, 5) is 20.2. The Kier molecular flexibility index (Phi) is 7.68. The molecule has 1 aromatic rings. The molecule has 5 heteroatoms. The van der Waals surface area contributed by atoms with Crippen molar-refractivity contribution in [2.75, 3.05) is 59.5 Å². The van der Waals surface area contributed by atoms with Crippen LogP contribution in [0.1, 0.15) is 30.4 Å². The standard InChI is InChI=1S/C22H35N3O2/c1-19-4-6-20(7-5-19)18-22(26)25(21-8-16-27-17-9-21)11-3-10-24-14-12-23(2)13-15-24/h4-7,21H,3,8-18H2,1-2H3. The predicted octanol–water partition coefficient (Wildman–Crippen LogP) is 2.18.